The molecule has 0 N–H and O–H groups in total. The minimum atomic E-state index is 0.910. The normalized spacial score (nSPS) is 10.8. The van der Waals surface area contributed by atoms with Gasteiger partial charge in [0.05, 0.1) is 0 Å². The molecule has 0 aliphatic rings. The molecule has 0 aliphatic carbocycles. The summed E-state index contributed by atoms with van der Waals surface area (Å²) in [6, 6.07) is 18.4. The van der Waals surface area contributed by atoms with Crippen molar-refractivity contribution >= 4 is 23.3 Å². The van der Waals surface area contributed by atoms with Crippen molar-refractivity contribution in [2.24, 2.45) is 0 Å². The van der Waals surface area contributed by atoms with Gasteiger partial charge in [-0.3, -0.25) is 0 Å². The summed E-state index contributed by atoms with van der Waals surface area (Å²) in [7, 11) is 0. The van der Waals surface area contributed by atoms with Crippen LogP contribution in [0.15, 0.2) is 67.0 Å². The second kappa shape index (κ2) is 13.5. The molecule has 5 heteroatoms. The van der Waals surface area contributed by atoms with E-state index in [1.54, 1.807) is 0 Å². The van der Waals surface area contributed by atoms with Crippen LogP contribution in [-0.2, 0) is 0 Å². The molecule has 0 saturated carbocycles. The predicted octanol–water partition coefficient (Wildman–Crippen LogP) is 7.31. The zero-order valence-electron chi connectivity index (χ0n) is 19.7. The van der Waals surface area contributed by atoms with Crippen LogP contribution in [0.4, 0.5) is 23.3 Å². The van der Waals surface area contributed by atoms with Crippen LogP contribution in [0.25, 0.3) is 0 Å². The van der Waals surface area contributed by atoms with Gasteiger partial charge in [0.2, 0.25) is 0 Å². The molecule has 0 aliphatic heterocycles. The average Bonchev–Trinajstić information content (AvgIpc) is 2.85. The quantitative estimate of drug-likeness (QED) is 0.250. The number of nitrogens with zero attached hydrogens (tertiary/aromatic N) is 5. The highest BCUT2D eigenvalue weighted by molar-refractivity contribution is 5.62. The molecule has 0 spiro atoms. The third-order valence-corrected chi connectivity index (χ3v) is 5.59. The van der Waals surface area contributed by atoms with E-state index in [1.165, 1.54) is 38.5 Å². The van der Waals surface area contributed by atoms with Gasteiger partial charge in [-0.25, -0.2) is 15.0 Å². The van der Waals surface area contributed by atoms with E-state index in [9.17, 15) is 0 Å². The molecule has 0 amide bonds. The largest absolute Gasteiger partial charge is 0.311 e. The molecule has 0 fully saturated rings. The highest BCUT2D eigenvalue weighted by Crippen LogP contribution is 2.28. The number of pyridine rings is 3. The van der Waals surface area contributed by atoms with Crippen molar-refractivity contribution in [2.75, 3.05) is 22.9 Å². The fourth-order valence-electron chi connectivity index (χ4n) is 3.83. The number of hydrogen-bond donors (Lipinski definition) is 0. The van der Waals surface area contributed by atoms with E-state index < -0.39 is 0 Å². The molecule has 0 bridgehead atoms. The smallest absolute Gasteiger partial charge is 0.136 e. The van der Waals surface area contributed by atoms with E-state index in [0.29, 0.717) is 0 Å². The Balaban J connectivity index is 1.87. The van der Waals surface area contributed by atoms with E-state index >= 15 is 0 Å². The Hall–Kier alpha value is -2.95. The molecule has 3 aromatic rings. The van der Waals surface area contributed by atoms with Crippen molar-refractivity contribution in [3.8, 4) is 0 Å². The Morgan fingerprint density at radius 2 is 1.00 bits per heavy atom. The lowest BCUT2D eigenvalue weighted by Crippen LogP contribution is -2.24. The summed E-state index contributed by atoms with van der Waals surface area (Å²) < 4.78 is 0. The fraction of sp³-hybridized carbons (Fsp3) is 0.444. The first-order valence-corrected chi connectivity index (χ1v) is 12.2. The third-order valence-electron chi connectivity index (χ3n) is 5.59. The summed E-state index contributed by atoms with van der Waals surface area (Å²) in [5, 5.41) is 0. The van der Waals surface area contributed by atoms with Gasteiger partial charge >= 0.3 is 0 Å². The Morgan fingerprint density at radius 1 is 0.531 bits per heavy atom. The zero-order chi connectivity index (χ0) is 22.4. The van der Waals surface area contributed by atoms with E-state index in [-0.39, 0.29) is 0 Å². The van der Waals surface area contributed by atoms with Crippen molar-refractivity contribution in [2.45, 2.75) is 65.2 Å². The maximum atomic E-state index is 5.10. The molecule has 0 unspecified atom stereocenters. The molecular formula is C27H37N5. The molecule has 32 heavy (non-hydrogen) atoms. The maximum absolute atomic E-state index is 5.10. The van der Waals surface area contributed by atoms with Gasteiger partial charge in [0.25, 0.3) is 0 Å². The Labute approximate surface area is 193 Å². The minimum absolute atomic E-state index is 0.910. The lowest BCUT2D eigenvalue weighted by Gasteiger charge is -2.26. The number of anilines is 4. The van der Waals surface area contributed by atoms with Gasteiger partial charge in [-0.1, -0.05) is 70.6 Å². The van der Waals surface area contributed by atoms with Crippen molar-refractivity contribution in [1.82, 2.24) is 15.0 Å². The summed E-state index contributed by atoms with van der Waals surface area (Å²) in [4.78, 5) is 18.8. The Bertz CT molecular complexity index is 814. The van der Waals surface area contributed by atoms with Gasteiger partial charge in [-0.05, 0) is 49.2 Å². The van der Waals surface area contributed by atoms with E-state index in [2.05, 4.69) is 63.9 Å². The van der Waals surface area contributed by atoms with Gasteiger partial charge in [-0.15, -0.1) is 0 Å². The van der Waals surface area contributed by atoms with Crippen LogP contribution < -0.4 is 9.80 Å². The van der Waals surface area contributed by atoms with Crippen LogP contribution in [0.2, 0.25) is 0 Å². The SMILES string of the molecule is CCCCCCN(c1ccccn1)c1cccc(N(CCCCCC)c2ccccn2)n1. The highest BCUT2D eigenvalue weighted by atomic mass is 15.3. The summed E-state index contributed by atoms with van der Waals surface area (Å²) in [5.41, 5.74) is 0. The van der Waals surface area contributed by atoms with E-state index in [4.69, 9.17) is 4.98 Å². The lowest BCUT2D eigenvalue weighted by atomic mass is 10.2. The number of rotatable bonds is 14. The zero-order valence-corrected chi connectivity index (χ0v) is 19.7. The Morgan fingerprint density at radius 3 is 1.41 bits per heavy atom. The second-order valence-electron chi connectivity index (χ2n) is 8.15. The fourth-order valence-corrected chi connectivity index (χ4v) is 3.83. The summed E-state index contributed by atoms with van der Waals surface area (Å²) in [5.74, 6) is 3.77. The first-order chi connectivity index (χ1) is 15.8. The highest BCUT2D eigenvalue weighted by Gasteiger charge is 2.16. The van der Waals surface area contributed by atoms with Crippen molar-refractivity contribution in [3.05, 3.63) is 67.0 Å². The summed E-state index contributed by atoms with van der Waals surface area (Å²) in [6.07, 6.45) is 13.4. The molecule has 3 aromatic heterocycles. The van der Waals surface area contributed by atoms with E-state index in [0.717, 1.165) is 49.2 Å². The minimum Gasteiger partial charge on any atom is -0.311 e. The molecule has 170 valence electrons. The topological polar surface area (TPSA) is 45.2 Å². The third kappa shape index (κ3) is 7.04. The first kappa shape index (κ1) is 23.7. The van der Waals surface area contributed by atoms with Crippen LogP contribution >= 0.6 is 0 Å². The molecule has 0 atom stereocenters. The van der Waals surface area contributed by atoms with Crippen molar-refractivity contribution < 1.29 is 0 Å². The van der Waals surface area contributed by atoms with Gasteiger partial charge in [-0.2, -0.15) is 0 Å². The number of unbranched alkanes of at least 4 members (excludes halogenated alkanes) is 6. The molecular weight excluding hydrogens is 394 g/mol. The number of hydrogen-bond acceptors (Lipinski definition) is 5. The number of aromatic nitrogens is 3. The summed E-state index contributed by atoms with van der Waals surface area (Å²) in [6.45, 7) is 6.31. The van der Waals surface area contributed by atoms with Crippen molar-refractivity contribution in [3.63, 3.8) is 0 Å². The van der Waals surface area contributed by atoms with Crippen LogP contribution in [0.1, 0.15) is 65.2 Å². The molecule has 0 saturated heterocycles. The molecule has 3 rings (SSSR count). The standard InChI is InChI=1S/C27H37N5/c1-3-5-7-13-22-31(24-16-9-11-20-28-24)26-18-15-19-27(30-26)32(23-14-8-6-4-2)25-17-10-12-21-29-25/h9-12,15-21H,3-8,13-14,22-23H2,1-2H3. The van der Waals surface area contributed by atoms with Crippen LogP contribution in [0.5, 0.6) is 0 Å². The van der Waals surface area contributed by atoms with E-state index in [1.807, 2.05) is 36.7 Å². The molecule has 0 aromatic carbocycles. The average molecular weight is 432 g/mol. The van der Waals surface area contributed by atoms with Gasteiger partial charge in [0.15, 0.2) is 0 Å². The first-order valence-electron chi connectivity index (χ1n) is 12.2. The summed E-state index contributed by atoms with van der Waals surface area (Å²) >= 11 is 0. The molecule has 3 heterocycles. The predicted molar refractivity (Wildman–Crippen MR) is 135 cm³/mol. The lowest BCUT2D eigenvalue weighted by molar-refractivity contribution is 0.661. The Kier molecular flexibility index (Phi) is 9.97. The molecule has 0 radical (unpaired) electrons. The van der Waals surface area contributed by atoms with Gasteiger partial charge < -0.3 is 9.80 Å². The van der Waals surface area contributed by atoms with Crippen molar-refractivity contribution in [1.29, 1.82) is 0 Å². The second-order valence-corrected chi connectivity index (χ2v) is 8.15. The maximum Gasteiger partial charge on any atom is 0.136 e. The van der Waals surface area contributed by atoms with Crippen LogP contribution in [-0.4, -0.2) is 28.0 Å². The molecule has 5 nitrogen and oxygen atoms in total. The van der Waals surface area contributed by atoms with Gasteiger partial charge in [0, 0.05) is 25.5 Å². The van der Waals surface area contributed by atoms with Gasteiger partial charge in [0.1, 0.15) is 23.3 Å². The van der Waals surface area contributed by atoms with Crippen LogP contribution in [0.3, 0.4) is 0 Å². The van der Waals surface area contributed by atoms with Crippen LogP contribution in [0, 0.1) is 0 Å². The monoisotopic (exact) mass is 431 g/mol.